The lowest BCUT2D eigenvalue weighted by Crippen LogP contribution is -2.73. The van der Waals surface area contributed by atoms with Gasteiger partial charge in [0.1, 0.15) is 23.9 Å². The number of Topliss-reactive ketones (excluding diaryl/α,β-unsaturated/α-hetero) is 1. The molecule has 0 aromatic rings. The third kappa shape index (κ3) is 1.22. The van der Waals surface area contributed by atoms with Gasteiger partial charge >= 0.3 is 0 Å². The quantitative estimate of drug-likeness (QED) is 0.422. The Labute approximate surface area is 127 Å². The maximum absolute atomic E-state index is 12.4. The Morgan fingerprint density at radius 1 is 1.32 bits per heavy atom. The fourth-order valence-corrected chi connectivity index (χ4v) is 5.40. The fourth-order valence-electron chi connectivity index (χ4n) is 5.40. The van der Waals surface area contributed by atoms with Crippen LogP contribution in [0.15, 0.2) is 0 Å². The molecule has 2 saturated carbocycles. The highest BCUT2D eigenvalue weighted by molar-refractivity contribution is 5.87. The molecule has 0 radical (unpaired) electrons. The predicted molar refractivity (Wildman–Crippen MR) is 71.8 cm³/mol. The number of epoxide rings is 1. The number of ketones is 1. The van der Waals surface area contributed by atoms with E-state index in [0.29, 0.717) is 6.42 Å². The number of hydrogen-bond donors (Lipinski definition) is 4. The largest absolute Gasteiger partial charge is 0.396 e. The van der Waals surface area contributed by atoms with E-state index in [-0.39, 0.29) is 12.4 Å². The standard InChI is InChI=1S/C15H22O7/c1-6-3-7-14(4-16,11(20)8(6)17)13(2)10(19)9(18)12(22-7)15(13)5-21-15/h6-7,9-12,16,18-20H,3-5H2,1-2H3. The summed E-state index contributed by atoms with van der Waals surface area (Å²) in [5, 5.41) is 41.9. The number of ether oxygens (including phenoxy) is 2. The molecule has 2 aliphatic heterocycles. The Morgan fingerprint density at radius 3 is 2.50 bits per heavy atom. The van der Waals surface area contributed by atoms with Crippen molar-refractivity contribution in [2.45, 2.75) is 56.4 Å². The van der Waals surface area contributed by atoms with Crippen molar-refractivity contribution in [1.29, 1.82) is 0 Å². The molecule has 4 N–H and O–H groups in total. The number of carbonyl (C=O) groups is 1. The first kappa shape index (κ1) is 15.0. The van der Waals surface area contributed by atoms with Crippen molar-refractivity contribution in [2.24, 2.45) is 16.7 Å². The molecule has 1 spiro atoms. The lowest BCUT2D eigenvalue weighted by Gasteiger charge is -2.60. The second-order valence-corrected chi connectivity index (χ2v) is 7.50. The summed E-state index contributed by atoms with van der Waals surface area (Å²) >= 11 is 0. The van der Waals surface area contributed by atoms with Crippen LogP contribution < -0.4 is 0 Å². The first-order valence-corrected chi connectivity index (χ1v) is 7.76. The van der Waals surface area contributed by atoms with E-state index >= 15 is 0 Å². The minimum Gasteiger partial charge on any atom is -0.396 e. The molecule has 4 rings (SSSR count). The molecular formula is C15H22O7. The number of carbonyl (C=O) groups excluding carboxylic acids is 1. The smallest absolute Gasteiger partial charge is 0.164 e. The zero-order chi connectivity index (χ0) is 16.1. The Bertz CT molecular complexity index is 532. The maximum atomic E-state index is 12.4. The van der Waals surface area contributed by atoms with E-state index < -0.39 is 59.5 Å². The van der Waals surface area contributed by atoms with Crippen molar-refractivity contribution in [2.75, 3.05) is 13.2 Å². The van der Waals surface area contributed by atoms with Crippen molar-refractivity contribution in [3.63, 3.8) is 0 Å². The van der Waals surface area contributed by atoms with E-state index in [9.17, 15) is 25.2 Å². The van der Waals surface area contributed by atoms with Gasteiger partial charge in [-0.15, -0.1) is 0 Å². The van der Waals surface area contributed by atoms with Gasteiger partial charge in [0, 0.05) is 11.3 Å². The van der Waals surface area contributed by atoms with Gasteiger partial charge in [0.2, 0.25) is 0 Å². The summed E-state index contributed by atoms with van der Waals surface area (Å²) in [6, 6.07) is 0. The van der Waals surface area contributed by atoms with Gasteiger partial charge in [-0.1, -0.05) is 13.8 Å². The molecule has 9 atom stereocenters. The highest BCUT2D eigenvalue weighted by Gasteiger charge is 2.86. The van der Waals surface area contributed by atoms with E-state index in [1.165, 1.54) is 0 Å². The molecule has 22 heavy (non-hydrogen) atoms. The van der Waals surface area contributed by atoms with Gasteiger partial charge in [-0.2, -0.15) is 0 Å². The van der Waals surface area contributed by atoms with Crippen LogP contribution in [-0.2, 0) is 14.3 Å². The molecule has 9 unspecified atom stereocenters. The maximum Gasteiger partial charge on any atom is 0.164 e. The van der Waals surface area contributed by atoms with Crippen LogP contribution in [0.4, 0.5) is 0 Å². The van der Waals surface area contributed by atoms with Gasteiger partial charge in [-0.3, -0.25) is 4.79 Å². The summed E-state index contributed by atoms with van der Waals surface area (Å²) in [6.45, 7) is 3.15. The number of fused-ring (bicyclic) bond motifs is 2. The van der Waals surface area contributed by atoms with Crippen molar-refractivity contribution in [3.05, 3.63) is 0 Å². The van der Waals surface area contributed by atoms with Gasteiger partial charge in [0.15, 0.2) is 5.78 Å². The number of hydrogen-bond acceptors (Lipinski definition) is 7. The summed E-state index contributed by atoms with van der Waals surface area (Å²) in [4.78, 5) is 12.4. The second kappa shape index (κ2) is 4.09. The van der Waals surface area contributed by atoms with Crippen LogP contribution in [0.3, 0.4) is 0 Å². The average Bonchev–Trinajstić information content (AvgIpc) is 3.27. The minimum atomic E-state index is -1.46. The van der Waals surface area contributed by atoms with E-state index in [1.54, 1.807) is 13.8 Å². The first-order chi connectivity index (χ1) is 10.3. The highest BCUT2D eigenvalue weighted by atomic mass is 16.6. The van der Waals surface area contributed by atoms with E-state index in [2.05, 4.69) is 0 Å². The van der Waals surface area contributed by atoms with Crippen molar-refractivity contribution < 1.29 is 34.7 Å². The van der Waals surface area contributed by atoms with Crippen LogP contribution in [-0.4, -0.2) is 75.5 Å². The molecule has 2 heterocycles. The Balaban J connectivity index is 1.93. The molecule has 4 aliphatic rings. The molecule has 2 saturated heterocycles. The lowest BCUT2D eigenvalue weighted by molar-refractivity contribution is -0.276. The topological polar surface area (TPSA) is 120 Å². The third-order valence-corrected chi connectivity index (χ3v) is 6.94. The molecule has 7 heteroatoms. The van der Waals surface area contributed by atoms with Crippen molar-refractivity contribution in [3.8, 4) is 0 Å². The normalized spacial score (nSPS) is 63.1. The Hall–Kier alpha value is -0.570. The zero-order valence-corrected chi connectivity index (χ0v) is 12.6. The zero-order valence-electron chi connectivity index (χ0n) is 12.6. The van der Waals surface area contributed by atoms with Gasteiger partial charge in [0.05, 0.1) is 30.8 Å². The van der Waals surface area contributed by atoms with Crippen molar-refractivity contribution in [1.82, 2.24) is 0 Å². The highest BCUT2D eigenvalue weighted by Crippen LogP contribution is 2.71. The van der Waals surface area contributed by atoms with E-state index in [0.717, 1.165) is 0 Å². The van der Waals surface area contributed by atoms with Gasteiger partial charge in [0.25, 0.3) is 0 Å². The third-order valence-electron chi connectivity index (χ3n) is 6.94. The van der Waals surface area contributed by atoms with Crippen LogP contribution in [0.1, 0.15) is 20.3 Å². The molecule has 0 amide bonds. The Kier molecular flexibility index (Phi) is 2.79. The summed E-state index contributed by atoms with van der Waals surface area (Å²) < 4.78 is 11.6. The first-order valence-electron chi connectivity index (χ1n) is 7.76. The number of aliphatic hydroxyl groups excluding tert-OH is 4. The number of rotatable bonds is 1. The predicted octanol–water partition coefficient (Wildman–Crippen LogP) is -1.79. The Morgan fingerprint density at radius 2 is 1.95 bits per heavy atom. The van der Waals surface area contributed by atoms with E-state index in [1.807, 2.05) is 0 Å². The van der Waals surface area contributed by atoms with Gasteiger partial charge in [-0.25, -0.2) is 0 Å². The van der Waals surface area contributed by atoms with Crippen molar-refractivity contribution >= 4 is 5.78 Å². The molecule has 4 fully saturated rings. The second-order valence-electron chi connectivity index (χ2n) is 7.50. The summed E-state index contributed by atoms with van der Waals surface area (Å²) in [5.74, 6) is -0.760. The van der Waals surface area contributed by atoms with Crippen LogP contribution >= 0.6 is 0 Å². The van der Waals surface area contributed by atoms with Gasteiger partial charge < -0.3 is 29.9 Å². The summed E-state index contributed by atoms with van der Waals surface area (Å²) in [5.41, 5.74) is -3.48. The molecule has 0 aromatic carbocycles. The summed E-state index contributed by atoms with van der Waals surface area (Å²) in [7, 11) is 0. The molecule has 0 aromatic heterocycles. The number of aliphatic hydroxyl groups is 4. The minimum absolute atomic E-state index is 0.271. The van der Waals surface area contributed by atoms with Crippen LogP contribution in [0, 0.1) is 16.7 Å². The fraction of sp³-hybridized carbons (Fsp3) is 0.933. The molecular weight excluding hydrogens is 292 g/mol. The molecule has 2 bridgehead atoms. The van der Waals surface area contributed by atoms with Crippen LogP contribution in [0.25, 0.3) is 0 Å². The van der Waals surface area contributed by atoms with Crippen LogP contribution in [0.2, 0.25) is 0 Å². The lowest BCUT2D eigenvalue weighted by atomic mass is 9.48. The molecule has 2 aliphatic carbocycles. The monoisotopic (exact) mass is 314 g/mol. The van der Waals surface area contributed by atoms with Gasteiger partial charge in [-0.05, 0) is 6.42 Å². The average molecular weight is 314 g/mol. The van der Waals surface area contributed by atoms with Crippen LogP contribution in [0.5, 0.6) is 0 Å². The van der Waals surface area contributed by atoms with E-state index in [4.69, 9.17) is 9.47 Å². The summed E-state index contributed by atoms with van der Waals surface area (Å²) in [6.07, 6.45) is -4.84. The SMILES string of the molecule is CC1CC2OC3C(O)C(O)C(C)(C34CO4)C2(CO)C(O)C1=O. The molecule has 124 valence electrons. The molecule has 7 nitrogen and oxygen atoms in total.